The van der Waals surface area contributed by atoms with Crippen molar-refractivity contribution in [3.8, 4) is 22.9 Å². The third kappa shape index (κ3) is 4.60. The van der Waals surface area contributed by atoms with E-state index in [0.717, 1.165) is 16.0 Å². The highest BCUT2D eigenvalue weighted by Crippen LogP contribution is 2.32. The van der Waals surface area contributed by atoms with Gasteiger partial charge in [-0.3, -0.25) is 9.59 Å². The Kier molecular flexibility index (Phi) is 7.20. The van der Waals surface area contributed by atoms with Crippen molar-refractivity contribution < 1.29 is 28.5 Å². The van der Waals surface area contributed by atoms with E-state index in [1.54, 1.807) is 48.7 Å². The van der Waals surface area contributed by atoms with Gasteiger partial charge in [0, 0.05) is 16.3 Å². The molecule has 1 amide bonds. The molecule has 0 atom stereocenters. The summed E-state index contributed by atoms with van der Waals surface area (Å²) in [5.41, 5.74) is 0.165. The summed E-state index contributed by atoms with van der Waals surface area (Å²) in [7, 11) is 4.50. The van der Waals surface area contributed by atoms with Gasteiger partial charge in [0.1, 0.15) is 10.8 Å². The Hall–Kier alpha value is -4.38. The van der Waals surface area contributed by atoms with Crippen molar-refractivity contribution in [3.63, 3.8) is 0 Å². The third-order valence-corrected chi connectivity index (χ3v) is 6.21. The largest absolute Gasteiger partial charge is 0.497 e. The number of esters is 1. The van der Waals surface area contributed by atoms with E-state index in [1.165, 1.54) is 27.4 Å². The molecule has 36 heavy (non-hydrogen) atoms. The minimum atomic E-state index is -0.680. The number of carbonyl (C=O) groups excluding carboxylic acids is 2. The molecule has 2 aromatic carbocycles. The lowest BCUT2D eigenvalue weighted by molar-refractivity contribution is 0.0520. The normalized spacial score (nSPS) is 10.7. The summed E-state index contributed by atoms with van der Waals surface area (Å²) in [6.07, 6.45) is 0. The smallest absolute Gasteiger partial charge is 0.359 e. The predicted octanol–water partition coefficient (Wildman–Crippen LogP) is 3.90. The maximum atomic E-state index is 13.5. The maximum absolute atomic E-state index is 13.5. The van der Waals surface area contributed by atoms with Gasteiger partial charge < -0.3 is 24.3 Å². The lowest BCUT2D eigenvalue weighted by Gasteiger charge is -2.11. The van der Waals surface area contributed by atoms with Crippen LogP contribution in [0.25, 0.3) is 16.5 Å². The number of methoxy groups -OCH3 is 3. The summed E-state index contributed by atoms with van der Waals surface area (Å²) in [6.45, 7) is 1.81. The second-order valence-electron chi connectivity index (χ2n) is 7.36. The van der Waals surface area contributed by atoms with Gasteiger partial charge in [0.2, 0.25) is 0 Å². The highest BCUT2D eigenvalue weighted by atomic mass is 32.1. The average Bonchev–Trinajstić information content (AvgIpc) is 3.32. The van der Waals surface area contributed by atoms with Crippen LogP contribution in [0.4, 0.5) is 5.00 Å². The van der Waals surface area contributed by atoms with Gasteiger partial charge in [0.15, 0.2) is 17.2 Å². The molecular formula is C25H23N3O7S. The van der Waals surface area contributed by atoms with Crippen LogP contribution in [0.5, 0.6) is 17.2 Å². The number of amides is 1. The van der Waals surface area contributed by atoms with Gasteiger partial charge in [-0.2, -0.15) is 9.78 Å². The quantitative estimate of drug-likeness (QED) is 0.355. The summed E-state index contributed by atoms with van der Waals surface area (Å²) in [5, 5.41) is 9.36. The van der Waals surface area contributed by atoms with Gasteiger partial charge in [-0.25, -0.2) is 4.79 Å². The van der Waals surface area contributed by atoms with E-state index in [1.807, 2.05) is 0 Å². The average molecular weight is 510 g/mol. The van der Waals surface area contributed by atoms with Crippen molar-refractivity contribution in [3.05, 3.63) is 69.5 Å². The Morgan fingerprint density at radius 2 is 1.72 bits per heavy atom. The molecule has 0 aliphatic heterocycles. The molecule has 0 radical (unpaired) electrons. The Labute approximate surface area is 210 Å². The second kappa shape index (κ2) is 10.5. The Morgan fingerprint density at radius 3 is 2.36 bits per heavy atom. The van der Waals surface area contributed by atoms with Crippen LogP contribution >= 0.6 is 11.3 Å². The molecule has 0 saturated heterocycles. The fraction of sp³-hybridized carbons (Fsp3) is 0.200. The number of carbonyl (C=O) groups is 2. The third-order valence-electron chi connectivity index (χ3n) is 5.31. The molecule has 2 aromatic heterocycles. The van der Waals surface area contributed by atoms with Gasteiger partial charge in [0.05, 0.1) is 39.0 Å². The lowest BCUT2D eigenvalue weighted by atomic mass is 10.1. The highest BCUT2D eigenvalue weighted by molar-refractivity contribution is 7.16. The molecule has 0 aliphatic rings. The standard InChI is InChI=1S/C25H23N3O7S/c1-5-35-25(31)21-17-13-36-23(26-22(29)14-6-11-18(33-3)19(12-14)34-4)20(17)24(30)28(27-21)15-7-9-16(32-2)10-8-15/h6-13H,5H2,1-4H3,(H,26,29). The van der Waals surface area contributed by atoms with Crippen LogP contribution in [0.1, 0.15) is 27.8 Å². The van der Waals surface area contributed by atoms with Crippen LogP contribution in [-0.4, -0.2) is 49.6 Å². The number of rotatable bonds is 8. The van der Waals surface area contributed by atoms with Crippen LogP contribution in [0, 0.1) is 0 Å². The van der Waals surface area contributed by atoms with E-state index in [4.69, 9.17) is 18.9 Å². The van der Waals surface area contributed by atoms with Gasteiger partial charge in [-0.05, 0) is 49.4 Å². The number of nitrogens with one attached hydrogen (secondary N) is 1. The molecule has 2 heterocycles. The first-order valence-electron chi connectivity index (χ1n) is 10.8. The molecule has 0 saturated carbocycles. The first kappa shape index (κ1) is 24.7. The Bertz CT molecular complexity index is 1490. The number of nitrogens with zero attached hydrogens (tertiary/aromatic N) is 2. The number of ether oxygens (including phenoxy) is 4. The molecular weight excluding hydrogens is 486 g/mol. The van der Waals surface area contributed by atoms with Gasteiger partial charge in [-0.1, -0.05) is 0 Å². The predicted molar refractivity (Wildman–Crippen MR) is 135 cm³/mol. The van der Waals surface area contributed by atoms with Crippen molar-refractivity contribution in [1.29, 1.82) is 0 Å². The maximum Gasteiger partial charge on any atom is 0.359 e. The number of thiophene rings is 1. The zero-order chi connectivity index (χ0) is 25.8. The van der Waals surface area contributed by atoms with E-state index >= 15 is 0 Å². The fourth-order valence-corrected chi connectivity index (χ4v) is 4.48. The van der Waals surface area contributed by atoms with Crippen molar-refractivity contribution in [2.45, 2.75) is 6.92 Å². The zero-order valence-corrected chi connectivity index (χ0v) is 20.8. The van der Waals surface area contributed by atoms with Gasteiger partial charge >= 0.3 is 5.97 Å². The number of benzene rings is 2. The summed E-state index contributed by atoms with van der Waals surface area (Å²) in [6, 6.07) is 11.3. The number of aromatic nitrogens is 2. The molecule has 0 fully saturated rings. The Morgan fingerprint density at radius 1 is 1.00 bits per heavy atom. The zero-order valence-electron chi connectivity index (χ0n) is 20.0. The topological polar surface area (TPSA) is 118 Å². The summed E-state index contributed by atoms with van der Waals surface area (Å²) in [5.74, 6) is 0.307. The highest BCUT2D eigenvalue weighted by Gasteiger charge is 2.23. The van der Waals surface area contributed by atoms with Crippen LogP contribution in [-0.2, 0) is 4.74 Å². The van der Waals surface area contributed by atoms with Gasteiger partial charge in [-0.15, -0.1) is 11.3 Å². The van der Waals surface area contributed by atoms with E-state index < -0.39 is 17.4 Å². The lowest BCUT2D eigenvalue weighted by Crippen LogP contribution is -2.25. The molecule has 186 valence electrons. The molecule has 0 unspecified atom stereocenters. The molecule has 0 bridgehead atoms. The molecule has 0 aliphatic carbocycles. The van der Waals surface area contributed by atoms with E-state index in [9.17, 15) is 14.4 Å². The van der Waals surface area contributed by atoms with Crippen LogP contribution in [0.15, 0.2) is 52.6 Å². The number of hydrogen-bond acceptors (Lipinski definition) is 9. The van der Waals surface area contributed by atoms with Crippen LogP contribution in [0.2, 0.25) is 0 Å². The van der Waals surface area contributed by atoms with Crippen molar-refractivity contribution in [2.24, 2.45) is 0 Å². The van der Waals surface area contributed by atoms with E-state index in [2.05, 4.69) is 10.4 Å². The van der Waals surface area contributed by atoms with E-state index in [0.29, 0.717) is 28.5 Å². The molecule has 1 N–H and O–H groups in total. The number of anilines is 1. The first-order valence-corrected chi connectivity index (χ1v) is 11.7. The number of hydrogen-bond donors (Lipinski definition) is 1. The monoisotopic (exact) mass is 509 g/mol. The minimum Gasteiger partial charge on any atom is -0.497 e. The summed E-state index contributed by atoms with van der Waals surface area (Å²) in [4.78, 5) is 39.3. The van der Waals surface area contributed by atoms with E-state index in [-0.39, 0.29) is 28.1 Å². The van der Waals surface area contributed by atoms with Crippen LogP contribution in [0.3, 0.4) is 0 Å². The molecule has 4 aromatic rings. The summed E-state index contributed by atoms with van der Waals surface area (Å²) >= 11 is 1.11. The Balaban J connectivity index is 1.83. The van der Waals surface area contributed by atoms with Crippen molar-refractivity contribution in [1.82, 2.24) is 9.78 Å². The van der Waals surface area contributed by atoms with Crippen molar-refractivity contribution in [2.75, 3.05) is 33.3 Å². The molecule has 10 nitrogen and oxygen atoms in total. The molecule has 0 spiro atoms. The molecule has 4 rings (SSSR count). The van der Waals surface area contributed by atoms with Crippen molar-refractivity contribution >= 4 is 39.0 Å². The SMILES string of the molecule is CCOC(=O)c1nn(-c2ccc(OC)cc2)c(=O)c2c(NC(=O)c3ccc(OC)c(OC)c3)scc12. The fourth-order valence-electron chi connectivity index (χ4n) is 3.54. The van der Waals surface area contributed by atoms with Crippen LogP contribution < -0.4 is 25.1 Å². The summed E-state index contributed by atoms with van der Waals surface area (Å²) < 4.78 is 21.9. The minimum absolute atomic E-state index is 0.0369. The van der Waals surface area contributed by atoms with Gasteiger partial charge in [0.25, 0.3) is 11.5 Å². The molecule has 11 heteroatoms. The first-order chi connectivity index (χ1) is 17.4. The second-order valence-corrected chi connectivity index (χ2v) is 8.24. The number of fused-ring (bicyclic) bond motifs is 1.